The van der Waals surface area contributed by atoms with E-state index in [0.717, 1.165) is 83.5 Å². The number of allylic oxidation sites excluding steroid dienone is 7. The maximum absolute atomic E-state index is 12.4. The molecule has 2 atom stereocenters. The number of carbonyl (C=O) groups is 2. The summed E-state index contributed by atoms with van der Waals surface area (Å²) in [5.74, 6) is -0.183. The summed E-state index contributed by atoms with van der Waals surface area (Å²) in [5.41, 5.74) is 0. The maximum atomic E-state index is 12.4. The zero-order chi connectivity index (χ0) is 43.0. The Labute approximate surface area is 366 Å². The maximum Gasteiger partial charge on any atom is 0.305 e. The van der Waals surface area contributed by atoms with Gasteiger partial charge in [0, 0.05) is 12.8 Å². The second kappa shape index (κ2) is 48.5. The van der Waals surface area contributed by atoms with Crippen LogP contribution in [0.5, 0.6) is 0 Å². The molecule has 0 saturated carbocycles. The molecule has 0 fully saturated rings. The quantitative estimate of drug-likeness (QED) is 0.0323. The number of amides is 1. The lowest BCUT2D eigenvalue weighted by Gasteiger charge is -2.19. The van der Waals surface area contributed by atoms with Gasteiger partial charge in [0.2, 0.25) is 5.91 Å². The first-order valence-corrected chi connectivity index (χ1v) is 25.4. The van der Waals surface area contributed by atoms with Crippen molar-refractivity contribution in [2.45, 2.75) is 264 Å². The van der Waals surface area contributed by atoms with Crippen LogP contribution >= 0.6 is 0 Å². The molecule has 6 nitrogen and oxygen atoms in total. The lowest BCUT2D eigenvalue weighted by Crippen LogP contribution is -2.45. The summed E-state index contributed by atoms with van der Waals surface area (Å²) in [6, 6.07) is -0.667. The topological polar surface area (TPSA) is 95.9 Å². The normalized spacial score (nSPS) is 13.1. The third kappa shape index (κ3) is 45.2. The number of hydrogen-bond donors (Lipinski definition) is 3. The lowest BCUT2D eigenvalue weighted by molar-refractivity contribution is -0.143. The first-order valence-electron chi connectivity index (χ1n) is 25.4. The summed E-state index contributed by atoms with van der Waals surface area (Å²) in [6.07, 6.45) is 59.7. The Morgan fingerprint density at radius 1 is 0.475 bits per heavy atom. The molecule has 6 heteroatoms. The molecule has 0 rings (SSSR count). The summed E-state index contributed by atoms with van der Waals surface area (Å²) in [4.78, 5) is 24.4. The molecule has 0 bridgehead atoms. The minimum absolute atomic E-state index is 0.0522. The largest absolute Gasteiger partial charge is 0.466 e. The number of aliphatic hydroxyl groups is 2. The van der Waals surface area contributed by atoms with Gasteiger partial charge in [0.15, 0.2) is 0 Å². The predicted octanol–water partition coefficient (Wildman–Crippen LogP) is 15.1. The van der Waals surface area contributed by atoms with Crippen molar-refractivity contribution < 1.29 is 24.5 Å². The highest BCUT2D eigenvalue weighted by Gasteiger charge is 2.17. The Morgan fingerprint density at radius 3 is 1.36 bits per heavy atom. The van der Waals surface area contributed by atoms with Gasteiger partial charge in [-0.05, 0) is 83.5 Å². The highest BCUT2D eigenvalue weighted by molar-refractivity contribution is 5.76. The molecule has 59 heavy (non-hydrogen) atoms. The van der Waals surface area contributed by atoms with Crippen molar-refractivity contribution in [3.63, 3.8) is 0 Å². The fraction of sp³-hybridized carbons (Fsp3) is 0.811. The molecule has 0 aromatic rings. The third-order valence-electron chi connectivity index (χ3n) is 11.3. The van der Waals surface area contributed by atoms with Crippen molar-refractivity contribution in [2.75, 3.05) is 13.2 Å². The Kier molecular flexibility index (Phi) is 46.7. The van der Waals surface area contributed by atoms with E-state index in [0.29, 0.717) is 19.4 Å². The monoisotopic (exact) mass is 828 g/mol. The van der Waals surface area contributed by atoms with Gasteiger partial charge in [-0.15, -0.1) is 0 Å². The SMILES string of the molecule is CCCCCC/C=C\C/C=C\CCCCCCCC(=O)OCCCCCC/C=C\CCCC(=O)NC(CO)C(O)/C=C/CCCCCCCCCCCCCCCCC. The number of nitrogens with one attached hydrogen (secondary N) is 1. The fourth-order valence-corrected chi connectivity index (χ4v) is 7.37. The van der Waals surface area contributed by atoms with E-state index in [1.165, 1.54) is 141 Å². The van der Waals surface area contributed by atoms with Gasteiger partial charge in [-0.1, -0.05) is 204 Å². The number of carbonyl (C=O) groups excluding carboxylic acids is 2. The van der Waals surface area contributed by atoms with E-state index in [2.05, 4.69) is 55.6 Å². The van der Waals surface area contributed by atoms with Crippen molar-refractivity contribution in [2.24, 2.45) is 0 Å². The smallest absolute Gasteiger partial charge is 0.305 e. The second-order valence-electron chi connectivity index (χ2n) is 17.1. The molecule has 2 unspecified atom stereocenters. The molecule has 3 N–H and O–H groups in total. The van der Waals surface area contributed by atoms with Crippen LogP contribution in [0.2, 0.25) is 0 Å². The van der Waals surface area contributed by atoms with Crippen molar-refractivity contribution in [1.29, 1.82) is 0 Å². The highest BCUT2D eigenvalue weighted by atomic mass is 16.5. The third-order valence-corrected chi connectivity index (χ3v) is 11.3. The van der Waals surface area contributed by atoms with Crippen LogP contribution in [0.25, 0.3) is 0 Å². The molecule has 0 aromatic heterocycles. The van der Waals surface area contributed by atoms with Gasteiger partial charge in [0.25, 0.3) is 0 Å². The van der Waals surface area contributed by atoms with Gasteiger partial charge < -0.3 is 20.3 Å². The minimum atomic E-state index is -0.877. The van der Waals surface area contributed by atoms with E-state index in [1.54, 1.807) is 6.08 Å². The van der Waals surface area contributed by atoms with Gasteiger partial charge in [0.05, 0.1) is 25.4 Å². The Bertz CT molecular complexity index is 1000. The number of rotatable bonds is 46. The van der Waals surface area contributed by atoms with E-state index in [-0.39, 0.29) is 18.5 Å². The zero-order valence-electron chi connectivity index (χ0n) is 39.0. The summed E-state index contributed by atoms with van der Waals surface area (Å²) in [6.45, 7) is 4.78. The molecular weight excluding hydrogens is 731 g/mol. The minimum Gasteiger partial charge on any atom is -0.466 e. The molecule has 0 spiro atoms. The molecule has 0 aliphatic rings. The number of unbranched alkanes of at least 4 members (excludes halogenated alkanes) is 29. The highest BCUT2D eigenvalue weighted by Crippen LogP contribution is 2.15. The first kappa shape index (κ1) is 56.8. The van der Waals surface area contributed by atoms with Crippen LogP contribution < -0.4 is 5.32 Å². The van der Waals surface area contributed by atoms with Crippen molar-refractivity contribution in [1.82, 2.24) is 5.32 Å². The average molecular weight is 828 g/mol. The van der Waals surface area contributed by atoms with Crippen LogP contribution in [0.3, 0.4) is 0 Å². The summed E-state index contributed by atoms with van der Waals surface area (Å²) in [5, 5.41) is 23.0. The Hall–Kier alpha value is -2.18. The van der Waals surface area contributed by atoms with Crippen LogP contribution in [0.15, 0.2) is 48.6 Å². The van der Waals surface area contributed by atoms with Crippen LogP contribution in [0.1, 0.15) is 251 Å². The van der Waals surface area contributed by atoms with Crippen molar-refractivity contribution in [3.05, 3.63) is 48.6 Å². The second-order valence-corrected chi connectivity index (χ2v) is 17.1. The van der Waals surface area contributed by atoms with Crippen molar-refractivity contribution in [3.8, 4) is 0 Å². The van der Waals surface area contributed by atoms with Gasteiger partial charge in [-0.3, -0.25) is 9.59 Å². The number of esters is 1. The molecule has 344 valence electrons. The van der Waals surface area contributed by atoms with E-state index < -0.39 is 12.1 Å². The van der Waals surface area contributed by atoms with Gasteiger partial charge in [0.1, 0.15) is 0 Å². The van der Waals surface area contributed by atoms with Crippen LogP contribution in [0.4, 0.5) is 0 Å². The number of hydrogen-bond acceptors (Lipinski definition) is 5. The molecule has 0 heterocycles. The molecule has 1 amide bonds. The van der Waals surface area contributed by atoms with Gasteiger partial charge in [-0.25, -0.2) is 0 Å². The summed E-state index contributed by atoms with van der Waals surface area (Å²) >= 11 is 0. The van der Waals surface area contributed by atoms with Crippen LogP contribution in [0, 0.1) is 0 Å². The van der Waals surface area contributed by atoms with E-state index >= 15 is 0 Å². The molecule has 0 saturated heterocycles. The summed E-state index contributed by atoms with van der Waals surface area (Å²) < 4.78 is 5.43. The van der Waals surface area contributed by atoms with E-state index in [1.807, 2.05) is 6.08 Å². The summed E-state index contributed by atoms with van der Waals surface area (Å²) in [7, 11) is 0. The predicted molar refractivity (Wildman–Crippen MR) is 255 cm³/mol. The molecular formula is C53H97NO5. The number of ether oxygens (including phenoxy) is 1. The van der Waals surface area contributed by atoms with Crippen LogP contribution in [-0.2, 0) is 14.3 Å². The standard InChI is InChI=1S/C53H97NO5/c1-3-5-7-9-11-13-15-17-19-21-22-24-26-29-33-37-41-45-51(56)50(49-55)54-52(57)46-42-38-34-30-28-32-36-40-44-48-59-53(58)47-43-39-35-31-27-25-23-20-18-16-14-12-10-8-6-4-2/h14,16,20,23,30,34,41,45,50-51,55-56H,3-13,15,17-19,21-22,24-29,31-33,35-40,42-44,46-49H2,1-2H3,(H,54,57)/b16-14-,23-20-,34-30-,45-41+. The molecule has 0 radical (unpaired) electrons. The van der Waals surface area contributed by atoms with E-state index in [9.17, 15) is 19.8 Å². The fourth-order valence-electron chi connectivity index (χ4n) is 7.37. The molecule has 0 aliphatic heterocycles. The average Bonchev–Trinajstić information content (AvgIpc) is 3.24. The van der Waals surface area contributed by atoms with Crippen molar-refractivity contribution >= 4 is 11.9 Å². The number of aliphatic hydroxyl groups excluding tert-OH is 2. The van der Waals surface area contributed by atoms with Gasteiger partial charge >= 0.3 is 5.97 Å². The molecule has 0 aliphatic carbocycles. The van der Waals surface area contributed by atoms with Crippen LogP contribution in [-0.4, -0.2) is 47.4 Å². The Balaban J connectivity index is 3.60. The zero-order valence-corrected chi connectivity index (χ0v) is 39.0. The Morgan fingerprint density at radius 2 is 0.864 bits per heavy atom. The first-order chi connectivity index (χ1) is 29.0. The van der Waals surface area contributed by atoms with Gasteiger partial charge in [-0.2, -0.15) is 0 Å². The van der Waals surface area contributed by atoms with E-state index in [4.69, 9.17) is 4.74 Å². The molecule has 0 aromatic carbocycles. The lowest BCUT2D eigenvalue weighted by atomic mass is 10.0.